The van der Waals surface area contributed by atoms with E-state index in [9.17, 15) is 9.90 Å². The van der Waals surface area contributed by atoms with Crippen LogP contribution in [0.2, 0.25) is 0 Å². The van der Waals surface area contributed by atoms with Gasteiger partial charge in [0.15, 0.2) is 0 Å². The second kappa shape index (κ2) is 5.42. The number of nitrogens with one attached hydrogen (secondary N) is 1. The van der Waals surface area contributed by atoms with E-state index in [0.29, 0.717) is 17.9 Å². The van der Waals surface area contributed by atoms with Gasteiger partial charge in [0.2, 0.25) is 0 Å². The van der Waals surface area contributed by atoms with Gasteiger partial charge in [-0.3, -0.25) is 4.79 Å². The molecular formula is C14H22N2O3S. The van der Waals surface area contributed by atoms with Gasteiger partial charge in [-0.05, 0) is 13.8 Å². The highest BCUT2D eigenvalue weighted by Gasteiger charge is 2.61. The van der Waals surface area contributed by atoms with Crippen LogP contribution in [0.15, 0.2) is 5.51 Å². The number of hydrogen-bond donors (Lipinski definition) is 2. The lowest BCUT2D eigenvalue weighted by Gasteiger charge is -2.60. The number of nitrogens with zero attached hydrogens (tertiary/aromatic N) is 1. The molecule has 0 bridgehead atoms. The highest BCUT2D eigenvalue weighted by molar-refractivity contribution is 7.11. The number of amides is 1. The fourth-order valence-corrected chi connectivity index (χ4v) is 3.49. The van der Waals surface area contributed by atoms with Crippen LogP contribution in [0.1, 0.15) is 42.6 Å². The maximum absolute atomic E-state index is 12.4. The minimum absolute atomic E-state index is 0.0579. The molecular weight excluding hydrogens is 276 g/mol. The lowest BCUT2D eigenvalue weighted by atomic mass is 9.54. The molecule has 112 valence electrons. The Morgan fingerprint density at radius 2 is 2.35 bits per heavy atom. The third-order valence-electron chi connectivity index (χ3n) is 4.51. The number of ether oxygens (including phenoxy) is 1. The van der Waals surface area contributed by atoms with E-state index in [2.05, 4.69) is 10.3 Å². The zero-order valence-electron chi connectivity index (χ0n) is 12.4. The molecule has 1 heterocycles. The van der Waals surface area contributed by atoms with Gasteiger partial charge in [-0.15, -0.1) is 11.3 Å². The van der Waals surface area contributed by atoms with Gasteiger partial charge < -0.3 is 15.2 Å². The molecule has 1 amide bonds. The Labute approximate surface area is 123 Å². The maximum atomic E-state index is 12.4. The van der Waals surface area contributed by atoms with E-state index in [1.807, 2.05) is 27.7 Å². The maximum Gasteiger partial charge on any atom is 0.263 e. The van der Waals surface area contributed by atoms with Crippen molar-refractivity contribution in [2.24, 2.45) is 5.41 Å². The van der Waals surface area contributed by atoms with E-state index < -0.39 is 5.54 Å². The molecule has 0 radical (unpaired) electrons. The first kappa shape index (κ1) is 15.4. The molecule has 0 unspecified atom stereocenters. The van der Waals surface area contributed by atoms with Crippen LogP contribution in [0.4, 0.5) is 0 Å². The summed E-state index contributed by atoms with van der Waals surface area (Å²) in [7, 11) is 0. The standard InChI is InChI=1S/C14H22N2O3S/c1-5-19-10-6-14(7-17,13(10,3)4)16-12(18)11-9(2)15-8-20-11/h8,10,17H,5-7H2,1-4H3,(H,16,18)/t10-,14+/m1/s1. The molecule has 5 nitrogen and oxygen atoms in total. The largest absolute Gasteiger partial charge is 0.394 e. The molecule has 6 heteroatoms. The van der Waals surface area contributed by atoms with Crippen LogP contribution in [0.5, 0.6) is 0 Å². The molecule has 0 aromatic carbocycles. The Morgan fingerprint density at radius 1 is 1.65 bits per heavy atom. The molecule has 1 aliphatic carbocycles. The highest BCUT2D eigenvalue weighted by atomic mass is 32.1. The summed E-state index contributed by atoms with van der Waals surface area (Å²) < 4.78 is 5.67. The number of thiazole rings is 1. The summed E-state index contributed by atoms with van der Waals surface area (Å²) in [5.74, 6) is -0.165. The molecule has 20 heavy (non-hydrogen) atoms. The van der Waals surface area contributed by atoms with Crippen LogP contribution >= 0.6 is 11.3 Å². The Morgan fingerprint density at radius 3 is 2.80 bits per heavy atom. The van der Waals surface area contributed by atoms with Crippen molar-refractivity contribution in [3.05, 3.63) is 16.1 Å². The number of aliphatic hydroxyl groups is 1. The Bertz CT molecular complexity index is 500. The second-order valence-electron chi connectivity index (χ2n) is 5.83. The molecule has 0 saturated heterocycles. The second-order valence-corrected chi connectivity index (χ2v) is 6.69. The van der Waals surface area contributed by atoms with Crippen molar-refractivity contribution in [3.8, 4) is 0 Å². The minimum Gasteiger partial charge on any atom is -0.394 e. The first-order chi connectivity index (χ1) is 9.38. The Kier molecular flexibility index (Phi) is 4.18. The van der Waals surface area contributed by atoms with Crippen molar-refractivity contribution in [2.75, 3.05) is 13.2 Å². The quantitative estimate of drug-likeness (QED) is 0.868. The third-order valence-corrected chi connectivity index (χ3v) is 5.44. The van der Waals surface area contributed by atoms with Gasteiger partial charge in [-0.25, -0.2) is 4.98 Å². The molecule has 0 aliphatic heterocycles. The van der Waals surface area contributed by atoms with Gasteiger partial charge in [0.1, 0.15) is 4.88 Å². The lowest BCUT2D eigenvalue weighted by molar-refractivity contribution is -0.172. The fourth-order valence-electron chi connectivity index (χ4n) is 2.79. The molecule has 2 atom stereocenters. The average molecular weight is 298 g/mol. The van der Waals surface area contributed by atoms with Crippen LogP contribution in [-0.4, -0.2) is 40.9 Å². The number of rotatable bonds is 5. The summed E-state index contributed by atoms with van der Waals surface area (Å²) in [6, 6.07) is 0. The predicted molar refractivity (Wildman–Crippen MR) is 77.9 cm³/mol. The van der Waals surface area contributed by atoms with Crippen LogP contribution in [-0.2, 0) is 4.74 Å². The van der Waals surface area contributed by atoms with Crippen molar-refractivity contribution in [1.29, 1.82) is 0 Å². The average Bonchev–Trinajstić information content (AvgIpc) is 2.83. The van der Waals surface area contributed by atoms with Crippen LogP contribution in [0.25, 0.3) is 0 Å². The first-order valence-electron chi connectivity index (χ1n) is 6.83. The van der Waals surface area contributed by atoms with E-state index in [4.69, 9.17) is 4.74 Å². The topological polar surface area (TPSA) is 71.5 Å². The number of aryl methyl sites for hydroxylation is 1. The van der Waals surface area contributed by atoms with E-state index >= 15 is 0 Å². The molecule has 1 fully saturated rings. The Balaban J connectivity index is 2.14. The van der Waals surface area contributed by atoms with E-state index in [1.165, 1.54) is 11.3 Å². The molecule has 1 saturated carbocycles. The van der Waals surface area contributed by atoms with Gasteiger partial charge >= 0.3 is 0 Å². The van der Waals surface area contributed by atoms with Gasteiger partial charge in [-0.2, -0.15) is 0 Å². The number of aromatic nitrogens is 1. The van der Waals surface area contributed by atoms with E-state index in [-0.39, 0.29) is 24.0 Å². The number of aliphatic hydroxyl groups excluding tert-OH is 1. The molecule has 2 rings (SSSR count). The Hall–Kier alpha value is -0.980. The van der Waals surface area contributed by atoms with Crippen molar-refractivity contribution < 1.29 is 14.6 Å². The van der Waals surface area contributed by atoms with E-state index in [1.54, 1.807) is 5.51 Å². The van der Waals surface area contributed by atoms with Crippen LogP contribution < -0.4 is 5.32 Å². The summed E-state index contributed by atoms with van der Waals surface area (Å²) in [6.07, 6.45) is 0.691. The van der Waals surface area contributed by atoms with Crippen LogP contribution in [0, 0.1) is 12.3 Å². The molecule has 1 aromatic heterocycles. The van der Waals surface area contributed by atoms with Crippen molar-refractivity contribution in [2.45, 2.75) is 45.8 Å². The molecule has 0 spiro atoms. The SMILES string of the molecule is CCO[C@@H]1C[C@@](CO)(NC(=O)c2scnc2C)C1(C)C. The number of carbonyl (C=O) groups is 1. The summed E-state index contributed by atoms with van der Waals surface area (Å²) in [6.45, 7) is 8.35. The van der Waals surface area contributed by atoms with Gasteiger partial charge in [0.25, 0.3) is 5.91 Å². The zero-order valence-corrected chi connectivity index (χ0v) is 13.2. The van der Waals surface area contributed by atoms with Gasteiger partial charge in [0.05, 0.1) is 29.5 Å². The third kappa shape index (κ3) is 2.25. The summed E-state index contributed by atoms with van der Waals surface area (Å²) >= 11 is 1.32. The van der Waals surface area contributed by atoms with Crippen molar-refractivity contribution in [3.63, 3.8) is 0 Å². The summed E-state index contributed by atoms with van der Waals surface area (Å²) in [5, 5.41) is 12.8. The smallest absolute Gasteiger partial charge is 0.263 e. The summed E-state index contributed by atoms with van der Waals surface area (Å²) in [4.78, 5) is 17.0. The van der Waals surface area contributed by atoms with Crippen LogP contribution in [0.3, 0.4) is 0 Å². The highest BCUT2D eigenvalue weighted by Crippen LogP contribution is 2.51. The molecule has 1 aromatic rings. The fraction of sp³-hybridized carbons (Fsp3) is 0.714. The summed E-state index contributed by atoms with van der Waals surface area (Å²) in [5.41, 5.74) is 1.45. The van der Waals surface area contributed by atoms with E-state index in [0.717, 1.165) is 5.69 Å². The zero-order chi connectivity index (χ0) is 15.0. The lowest BCUT2D eigenvalue weighted by Crippen LogP contribution is -2.74. The minimum atomic E-state index is -0.625. The first-order valence-corrected chi connectivity index (χ1v) is 7.71. The van der Waals surface area contributed by atoms with Gasteiger partial charge in [-0.1, -0.05) is 13.8 Å². The number of hydrogen-bond acceptors (Lipinski definition) is 5. The predicted octanol–water partition coefficient (Wildman–Crippen LogP) is 1.75. The normalized spacial score (nSPS) is 27.9. The molecule has 2 N–H and O–H groups in total. The monoisotopic (exact) mass is 298 g/mol. The van der Waals surface area contributed by atoms with Gasteiger partial charge in [0, 0.05) is 18.4 Å². The number of carbonyl (C=O) groups excluding carboxylic acids is 1. The van der Waals surface area contributed by atoms with Crippen molar-refractivity contribution in [1.82, 2.24) is 10.3 Å². The van der Waals surface area contributed by atoms with Crippen molar-refractivity contribution >= 4 is 17.2 Å². The molecule has 1 aliphatic rings.